The van der Waals surface area contributed by atoms with E-state index in [0.717, 1.165) is 42.3 Å². The van der Waals surface area contributed by atoms with Crippen molar-refractivity contribution in [2.75, 3.05) is 13.1 Å². The van der Waals surface area contributed by atoms with Gasteiger partial charge in [0.2, 0.25) is 5.82 Å². The largest absolute Gasteiger partial charge is 0.328 e. The first-order chi connectivity index (χ1) is 10.6. The van der Waals surface area contributed by atoms with E-state index in [1.807, 2.05) is 17.1 Å². The van der Waals surface area contributed by atoms with E-state index < -0.39 is 17.1 Å². The molecule has 0 bridgehead atoms. The third-order valence-electron chi connectivity index (χ3n) is 4.11. The van der Waals surface area contributed by atoms with Gasteiger partial charge in [-0.25, -0.2) is 4.79 Å². The van der Waals surface area contributed by atoms with E-state index in [-0.39, 0.29) is 6.54 Å². The summed E-state index contributed by atoms with van der Waals surface area (Å²) in [6.07, 6.45) is 3.20. The molecule has 2 N–H and O–H groups in total. The fourth-order valence-electron chi connectivity index (χ4n) is 2.85. The Morgan fingerprint density at radius 2 is 1.82 bits per heavy atom. The van der Waals surface area contributed by atoms with Gasteiger partial charge >= 0.3 is 5.69 Å². The van der Waals surface area contributed by atoms with Gasteiger partial charge < -0.3 is 5.32 Å². The Labute approximate surface area is 126 Å². The van der Waals surface area contributed by atoms with E-state index >= 15 is 0 Å². The van der Waals surface area contributed by atoms with Crippen LogP contribution in [0, 0.1) is 5.82 Å². The van der Waals surface area contributed by atoms with Crippen molar-refractivity contribution >= 4 is 0 Å². The van der Waals surface area contributed by atoms with Crippen LogP contribution >= 0.6 is 0 Å². The summed E-state index contributed by atoms with van der Waals surface area (Å²) in [4.78, 5) is 24.6. The maximum absolute atomic E-state index is 13.3. The molecule has 0 atom stereocenters. The standard InChI is InChI=1S/C16H18FN3O2/c17-14-10-20(16(22)19-15(14)21)9-11-1-3-12(4-2-11)13-5-7-18-8-6-13/h1-4,10,13,18H,5-9H2,(H,19,21,22). The van der Waals surface area contributed by atoms with Crippen molar-refractivity contribution < 1.29 is 4.39 Å². The molecule has 0 aliphatic carbocycles. The molecule has 116 valence electrons. The number of nitrogens with zero attached hydrogens (tertiary/aromatic N) is 1. The predicted molar refractivity (Wildman–Crippen MR) is 81.7 cm³/mol. The molecule has 1 aromatic carbocycles. The Kier molecular flexibility index (Phi) is 4.20. The first-order valence-corrected chi connectivity index (χ1v) is 7.42. The Morgan fingerprint density at radius 3 is 2.50 bits per heavy atom. The fraction of sp³-hybridized carbons (Fsp3) is 0.375. The van der Waals surface area contributed by atoms with E-state index in [0.29, 0.717) is 5.92 Å². The zero-order valence-corrected chi connectivity index (χ0v) is 12.1. The SMILES string of the molecule is O=c1[nH]c(=O)n(Cc2ccc(C3CCNCC3)cc2)cc1F. The van der Waals surface area contributed by atoms with Crippen LogP contribution in [-0.2, 0) is 6.54 Å². The summed E-state index contributed by atoms with van der Waals surface area (Å²) in [6, 6.07) is 8.04. The Morgan fingerprint density at radius 1 is 1.14 bits per heavy atom. The van der Waals surface area contributed by atoms with Crippen molar-refractivity contribution in [1.82, 2.24) is 14.9 Å². The Bertz CT molecular complexity index is 758. The molecule has 22 heavy (non-hydrogen) atoms. The van der Waals surface area contributed by atoms with E-state index in [4.69, 9.17) is 0 Å². The lowest BCUT2D eigenvalue weighted by Gasteiger charge is -2.23. The molecular weight excluding hydrogens is 285 g/mol. The summed E-state index contributed by atoms with van der Waals surface area (Å²) in [7, 11) is 0. The Balaban J connectivity index is 1.77. The molecule has 0 saturated carbocycles. The molecule has 6 heteroatoms. The molecule has 0 amide bonds. The summed E-state index contributed by atoms with van der Waals surface area (Å²) in [5.74, 6) is -0.380. The highest BCUT2D eigenvalue weighted by Crippen LogP contribution is 2.25. The smallest absolute Gasteiger partial charge is 0.317 e. The Hall–Kier alpha value is -2.21. The number of nitrogens with one attached hydrogen (secondary N) is 2. The number of benzene rings is 1. The minimum absolute atomic E-state index is 0.235. The number of H-pyrrole nitrogens is 1. The number of halogens is 1. The van der Waals surface area contributed by atoms with Crippen LogP contribution in [0.25, 0.3) is 0 Å². The number of piperidine rings is 1. The zero-order valence-electron chi connectivity index (χ0n) is 12.1. The average molecular weight is 303 g/mol. The van der Waals surface area contributed by atoms with Crippen molar-refractivity contribution in [1.29, 1.82) is 0 Å². The molecule has 1 aromatic heterocycles. The van der Waals surface area contributed by atoms with Gasteiger partial charge in [-0.2, -0.15) is 4.39 Å². The molecule has 2 aromatic rings. The van der Waals surface area contributed by atoms with Gasteiger partial charge in [0.25, 0.3) is 5.56 Å². The third-order valence-corrected chi connectivity index (χ3v) is 4.11. The van der Waals surface area contributed by atoms with E-state index in [2.05, 4.69) is 17.4 Å². The summed E-state index contributed by atoms with van der Waals surface area (Å²) >= 11 is 0. The van der Waals surface area contributed by atoms with Gasteiger partial charge in [-0.15, -0.1) is 0 Å². The highest BCUT2D eigenvalue weighted by Gasteiger charge is 2.14. The second kappa shape index (κ2) is 6.27. The number of aromatic amines is 1. The lowest BCUT2D eigenvalue weighted by Crippen LogP contribution is -2.31. The lowest BCUT2D eigenvalue weighted by molar-refractivity contribution is 0.460. The first-order valence-electron chi connectivity index (χ1n) is 7.42. The average Bonchev–Trinajstić information content (AvgIpc) is 2.54. The molecule has 0 unspecified atom stereocenters. The maximum atomic E-state index is 13.3. The zero-order chi connectivity index (χ0) is 15.5. The van der Waals surface area contributed by atoms with Crippen molar-refractivity contribution in [2.45, 2.75) is 25.3 Å². The summed E-state index contributed by atoms with van der Waals surface area (Å²) in [6.45, 7) is 2.32. The molecule has 0 spiro atoms. The van der Waals surface area contributed by atoms with E-state index in [1.165, 1.54) is 5.56 Å². The van der Waals surface area contributed by atoms with Crippen LogP contribution in [0.5, 0.6) is 0 Å². The number of hydrogen-bond donors (Lipinski definition) is 2. The second-order valence-electron chi connectivity index (χ2n) is 5.63. The van der Waals surface area contributed by atoms with Gasteiger partial charge in [-0.3, -0.25) is 14.3 Å². The molecule has 0 radical (unpaired) electrons. The number of rotatable bonds is 3. The van der Waals surface area contributed by atoms with Gasteiger partial charge in [-0.1, -0.05) is 24.3 Å². The molecule has 5 nitrogen and oxygen atoms in total. The van der Waals surface area contributed by atoms with E-state index in [1.54, 1.807) is 0 Å². The van der Waals surface area contributed by atoms with Crippen molar-refractivity contribution in [3.8, 4) is 0 Å². The number of aromatic nitrogens is 2. The van der Waals surface area contributed by atoms with Gasteiger partial charge in [0, 0.05) is 0 Å². The quantitative estimate of drug-likeness (QED) is 0.895. The molecule has 1 saturated heterocycles. The molecule has 1 aliphatic rings. The topological polar surface area (TPSA) is 66.9 Å². The normalized spacial score (nSPS) is 15.9. The van der Waals surface area contributed by atoms with Gasteiger partial charge in [0.15, 0.2) is 0 Å². The molecular formula is C16H18FN3O2. The highest BCUT2D eigenvalue weighted by atomic mass is 19.1. The summed E-state index contributed by atoms with van der Waals surface area (Å²) < 4.78 is 14.4. The summed E-state index contributed by atoms with van der Waals surface area (Å²) in [5, 5.41) is 3.34. The molecule has 1 aliphatic heterocycles. The van der Waals surface area contributed by atoms with Gasteiger partial charge in [-0.05, 0) is 43.0 Å². The highest BCUT2D eigenvalue weighted by molar-refractivity contribution is 5.26. The fourth-order valence-corrected chi connectivity index (χ4v) is 2.85. The van der Waals surface area contributed by atoms with Crippen LogP contribution in [0.1, 0.15) is 29.9 Å². The van der Waals surface area contributed by atoms with E-state index in [9.17, 15) is 14.0 Å². The van der Waals surface area contributed by atoms with Crippen molar-refractivity contribution in [2.24, 2.45) is 0 Å². The summed E-state index contributed by atoms with van der Waals surface area (Å²) in [5.41, 5.74) is 0.604. The van der Waals surface area contributed by atoms with Crippen molar-refractivity contribution in [3.63, 3.8) is 0 Å². The van der Waals surface area contributed by atoms with Crippen LogP contribution in [0.2, 0.25) is 0 Å². The monoisotopic (exact) mass is 303 g/mol. The predicted octanol–water partition coefficient (Wildman–Crippen LogP) is 1.19. The lowest BCUT2D eigenvalue weighted by atomic mass is 9.90. The van der Waals surface area contributed by atoms with Crippen LogP contribution < -0.4 is 16.6 Å². The second-order valence-corrected chi connectivity index (χ2v) is 5.63. The van der Waals surface area contributed by atoms with Crippen LogP contribution in [-0.4, -0.2) is 22.6 Å². The van der Waals surface area contributed by atoms with Crippen LogP contribution in [0.15, 0.2) is 40.1 Å². The van der Waals surface area contributed by atoms with Crippen LogP contribution in [0.3, 0.4) is 0 Å². The number of hydrogen-bond acceptors (Lipinski definition) is 3. The molecule has 1 fully saturated rings. The molecule has 2 heterocycles. The maximum Gasteiger partial charge on any atom is 0.328 e. The molecule has 3 rings (SSSR count). The van der Waals surface area contributed by atoms with Gasteiger partial charge in [0.1, 0.15) is 0 Å². The first kappa shape index (κ1) is 14.7. The van der Waals surface area contributed by atoms with Gasteiger partial charge in [0.05, 0.1) is 12.7 Å². The van der Waals surface area contributed by atoms with Crippen molar-refractivity contribution in [3.05, 3.63) is 68.2 Å². The minimum atomic E-state index is -0.984. The third kappa shape index (κ3) is 3.17. The van der Waals surface area contributed by atoms with Crippen LogP contribution in [0.4, 0.5) is 4.39 Å². The minimum Gasteiger partial charge on any atom is -0.317 e.